The van der Waals surface area contributed by atoms with E-state index < -0.39 is 10.0 Å². The lowest BCUT2D eigenvalue weighted by molar-refractivity contribution is 0.192. The van der Waals surface area contributed by atoms with E-state index >= 15 is 0 Å². The summed E-state index contributed by atoms with van der Waals surface area (Å²) >= 11 is 3.19. The second-order valence-corrected chi connectivity index (χ2v) is 6.15. The molecule has 0 amide bonds. The summed E-state index contributed by atoms with van der Waals surface area (Å²) < 4.78 is 32.2. The summed E-state index contributed by atoms with van der Waals surface area (Å²) in [5, 5.41) is 0. The van der Waals surface area contributed by atoms with Crippen LogP contribution in [0.3, 0.4) is 0 Å². The molecule has 0 saturated carbocycles. The number of aromatic nitrogens is 1. The Kier molecular flexibility index (Phi) is 3.58. The molecule has 0 bridgehead atoms. The van der Waals surface area contributed by atoms with Crippen LogP contribution in [0.5, 0.6) is 0 Å². The first-order chi connectivity index (χ1) is 7.58. The van der Waals surface area contributed by atoms with Crippen molar-refractivity contribution < 1.29 is 13.2 Å². The fourth-order valence-corrected chi connectivity index (χ4v) is 3.21. The summed E-state index contributed by atoms with van der Waals surface area (Å²) in [5.41, 5.74) is 0. The molecule has 0 spiro atoms. The summed E-state index contributed by atoms with van der Waals surface area (Å²) in [6.07, 6.45) is 3.57. The molecule has 1 N–H and O–H groups in total. The normalized spacial score (nSPS) is 21.2. The van der Waals surface area contributed by atoms with Crippen LogP contribution in [0.1, 0.15) is 6.42 Å². The summed E-state index contributed by atoms with van der Waals surface area (Å²) in [6, 6.07) is 1.38. The van der Waals surface area contributed by atoms with E-state index in [0.717, 1.165) is 0 Å². The van der Waals surface area contributed by atoms with E-state index in [2.05, 4.69) is 25.6 Å². The molecule has 0 aliphatic carbocycles. The Morgan fingerprint density at radius 1 is 1.50 bits per heavy atom. The number of sulfonamides is 1. The summed E-state index contributed by atoms with van der Waals surface area (Å²) in [6.45, 7) is 1.03. The van der Waals surface area contributed by atoms with Crippen molar-refractivity contribution in [2.24, 2.45) is 0 Å². The van der Waals surface area contributed by atoms with Crippen molar-refractivity contribution in [3.05, 3.63) is 22.9 Å². The van der Waals surface area contributed by atoms with Gasteiger partial charge in [0.2, 0.25) is 10.0 Å². The molecular formula is C9H11BrN2O3S. The smallest absolute Gasteiger partial charge is 0.242 e. The van der Waals surface area contributed by atoms with Gasteiger partial charge < -0.3 is 4.74 Å². The van der Waals surface area contributed by atoms with Crippen molar-refractivity contribution in [1.29, 1.82) is 0 Å². The number of halogens is 1. The average molecular weight is 307 g/mol. The zero-order valence-corrected chi connectivity index (χ0v) is 10.8. The van der Waals surface area contributed by atoms with Crippen molar-refractivity contribution in [2.45, 2.75) is 17.4 Å². The Morgan fingerprint density at radius 3 is 2.94 bits per heavy atom. The first-order valence-electron chi connectivity index (χ1n) is 4.78. The molecule has 1 aromatic heterocycles. The minimum Gasteiger partial charge on any atom is -0.380 e. The summed E-state index contributed by atoms with van der Waals surface area (Å²) in [4.78, 5) is 3.99. The van der Waals surface area contributed by atoms with Crippen LogP contribution >= 0.6 is 15.9 Å². The van der Waals surface area contributed by atoms with Crippen LogP contribution in [0, 0.1) is 0 Å². The quantitative estimate of drug-likeness (QED) is 0.901. The molecule has 0 aromatic carbocycles. The first kappa shape index (κ1) is 12.0. The van der Waals surface area contributed by atoms with Gasteiger partial charge in [-0.3, -0.25) is 4.98 Å². The number of nitrogens with one attached hydrogen (secondary N) is 1. The highest BCUT2D eigenvalue weighted by Crippen LogP contribution is 2.15. The van der Waals surface area contributed by atoms with Crippen LogP contribution in [-0.4, -0.2) is 32.7 Å². The third kappa shape index (κ3) is 2.79. The minimum absolute atomic E-state index is 0.135. The lowest BCUT2D eigenvalue weighted by atomic mass is 10.3. The molecule has 2 heterocycles. The van der Waals surface area contributed by atoms with E-state index in [-0.39, 0.29) is 10.9 Å². The molecule has 7 heteroatoms. The molecule has 1 saturated heterocycles. The fraction of sp³-hybridized carbons (Fsp3) is 0.444. The van der Waals surface area contributed by atoms with Gasteiger partial charge in [-0.1, -0.05) is 0 Å². The van der Waals surface area contributed by atoms with E-state index in [4.69, 9.17) is 4.74 Å². The standard InChI is InChI=1S/C9H11BrN2O3S/c10-7-3-9(5-11-4-7)16(13,14)12-8-1-2-15-6-8/h3-5,8,12H,1-2,6H2. The van der Waals surface area contributed by atoms with Gasteiger partial charge in [-0.2, -0.15) is 0 Å². The van der Waals surface area contributed by atoms with Crippen LogP contribution in [0.25, 0.3) is 0 Å². The molecule has 88 valence electrons. The van der Waals surface area contributed by atoms with E-state index in [1.165, 1.54) is 18.5 Å². The van der Waals surface area contributed by atoms with Crippen molar-refractivity contribution in [3.63, 3.8) is 0 Å². The molecule has 1 aliphatic rings. The second kappa shape index (κ2) is 4.79. The molecule has 1 unspecified atom stereocenters. The van der Waals surface area contributed by atoms with Crippen LogP contribution in [0.4, 0.5) is 0 Å². The molecule has 1 fully saturated rings. The Balaban J connectivity index is 2.18. The van der Waals surface area contributed by atoms with Gasteiger partial charge in [0.15, 0.2) is 0 Å². The molecule has 1 aliphatic heterocycles. The van der Waals surface area contributed by atoms with Crippen molar-refractivity contribution in [3.8, 4) is 0 Å². The van der Waals surface area contributed by atoms with Crippen LogP contribution < -0.4 is 4.72 Å². The van der Waals surface area contributed by atoms with Gasteiger partial charge >= 0.3 is 0 Å². The molecule has 5 nitrogen and oxygen atoms in total. The molecule has 1 atom stereocenters. The zero-order valence-electron chi connectivity index (χ0n) is 8.39. The number of hydrogen-bond donors (Lipinski definition) is 1. The second-order valence-electron chi connectivity index (χ2n) is 3.52. The predicted molar refractivity (Wildman–Crippen MR) is 61.5 cm³/mol. The molecule has 0 radical (unpaired) electrons. The first-order valence-corrected chi connectivity index (χ1v) is 7.06. The molecular weight excluding hydrogens is 296 g/mol. The fourth-order valence-electron chi connectivity index (χ4n) is 1.45. The van der Waals surface area contributed by atoms with Crippen molar-refractivity contribution >= 4 is 26.0 Å². The number of pyridine rings is 1. The Hall–Kier alpha value is -0.500. The summed E-state index contributed by atoms with van der Waals surface area (Å²) in [5.74, 6) is 0. The van der Waals surface area contributed by atoms with Crippen molar-refractivity contribution in [1.82, 2.24) is 9.71 Å². The van der Waals surface area contributed by atoms with Gasteiger partial charge in [0.05, 0.1) is 6.61 Å². The highest BCUT2D eigenvalue weighted by atomic mass is 79.9. The van der Waals surface area contributed by atoms with Gasteiger partial charge in [0.25, 0.3) is 0 Å². The van der Waals surface area contributed by atoms with Gasteiger partial charge in [-0.05, 0) is 28.4 Å². The monoisotopic (exact) mass is 306 g/mol. The van der Waals surface area contributed by atoms with Gasteiger partial charge in [-0.15, -0.1) is 0 Å². The Morgan fingerprint density at radius 2 is 2.31 bits per heavy atom. The Bertz CT molecular complexity index is 471. The number of ether oxygens (including phenoxy) is 1. The van der Waals surface area contributed by atoms with Gasteiger partial charge in [0, 0.05) is 29.5 Å². The summed E-state index contributed by atoms with van der Waals surface area (Å²) in [7, 11) is -3.49. The topological polar surface area (TPSA) is 68.3 Å². The maximum Gasteiger partial charge on any atom is 0.242 e. The van der Waals surface area contributed by atoms with Gasteiger partial charge in [-0.25, -0.2) is 13.1 Å². The molecule has 16 heavy (non-hydrogen) atoms. The number of rotatable bonds is 3. The number of hydrogen-bond acceptors (Lipinski definition) is 4. The largest absolute Gasteiger partial charge is 0.380 e. The van der Waals surface area contributed by atoms with E-state index in [1.54, 1.807) is 0 Å². The highest BCUT2D eigenvalue weighted by molar-refractivity contribution is 9.10. The van der Waals surface area contributed by atoms with E-state index in [1.807, 2.05) is 0 Å². The maximum atomic E-state index is 11.9. The lowest BCUT2D eigenvalue weighted by Crippen LogP contribution is -2.35. The van der Waals surface area contributed by atoms with E-state index in [9.17, 15) is 8.42 Å². The van der Waals surface area contributed by atoms with Gasteiger partial charge in [0.1, 0.15) is 4.90 Å². The third-order valence-electron chi connectivity index (χ3n) is 2.24. The highest BCUT2D eigenvalue weighted by Gasteiger charge is 2.23. The predicted octanol–water partition coefficient (Wildman–Crippen LogP) is 0.911. The maximum absolute atomic E-state index is 11.9. The van der Waals surface area contributed by atoms with E-state index in [0.29, 0.717) is 24.1 Å². The lowest BCUT2D eigenvalue weighted by Gasteiger charge is -2.11. The van der Waals surface area contributed by atoms with Crippen LogP contribution in [0.15, 0.2) is 27.8 Å². The minimum atomic E-state index is -3.49. The number of nitrogens with zero attached hydrogens (tertiary/aromatic N) is 1. The van der Waals surface area contributed by atoms with Crippen LogP contribution in [0.2, 0.25) is 0 Å². The van der Waals surface area contributed by atoms with Crippen molar-refractivity contribution in [2.75, 3.05) is 13.2 Å². The SMILES string of the molecule is O=S(=O)(NC1CCOC1)c1cncc(Br)c1. The molecule has 2 rings (SSSR count). The average Bonchev–Trinajstić information content (AvgIpc) is 2.70. The Labute approximate surface area is 102 Å². The van der Waals surface area contributed by atoms with Crippen LogP contribution in [-0.2, 0) is 14.8 Å². The zero-order chi connectivity index (χ0) is 11.6. The third-order valence-corrected chi connectivity index (χ3v) is 4.16. The molecule has 1 aromatic rings.